The van der Waals surface area contributed by atoms with Gasteiger partial charge < -0.3 is 34.6 Å². The molecular formula is C24H33F3N2O6. The number of methoxy groups -OCH3 is 4. The number of ether oxygens (including phenoxy) is 4. The molecular weight excluding hydrogens is 469 g/mol. The van der Waals surface area contributed by atoms with Crippen molar-refractivity contribution in [1.82, 2.24) is 4.90 Å². The number of benzene rings is 2. The number of rotatable bonds is 12. The van der Waals surface area contributed by atoms with Crippen molar-refractivity contribution in [2.45, 2.75) is 32.1 Å². The second kappa shape index (κ2) is 14.9. The first-order chi connectivity index (χ1) is 16.6. The van der Waals surface area contributed by atoms with Gasteiger partial charge in [0.15, 0.2) is 0 Å². The van der Waals surface area contributed by atoms with Gasteiger partial charge in [0.2, 0.25) is 0 Å². The lowest BCUT2D eigenvalue weighted by atomic mass is 10.1. The fourth-order valence-corrected chi connectivity index (χ4v) is 3.22. The van der Waals surface area contributed by atoms with E-state index in [0.29, 0.717) is 0 Å². The third-order valence-corrected chi connectivity index (χ3v) is 4.97. The van der Waals surface area contributed by atoms with Gasteiger partial charge in [0.1, 0.15) is 29.0 Å². The zero-order valence-corrected chi connectivity index (χ0v) is 20.4. The maximum Gasteiger partial charge on any atom is 0.430 e. The third-order valence-electron chi connectivity index (χ3n) is 4.97. The van der Waals surface area contributed by atoms with Crippen molar-refractivity contribution in [3.05, 3.63) is 47.5 Å². The lowest BCUT2D eigenvalue weighted by Gasteiger charge is -2.25. The summed E-state index contributed by atoms with van der Waals surface area (Å²) in [7, 11) is 6.75. The Labute approximate surface area is 203 Å². The lowest BCUT2D eigenvalue weighted by Crippen LogP contribution is -2.50. The molecule has 2 aromatic carbocycles. The molecule has 2 rings (SSSR count). The molecule has 0 saturated carbocycles. The van der Waals surface area contributed by atoms with E-state index in [1.165, 1.54) is 0 Å². The second-order valence-electron chi connectivity index (χ2n) is 7.41. The van der Waals surface area contributed by atoms with Gasteiger partial charge in [0, 0.05) is 24.2 Å². The molecule has 0 aliphatic rings. The molecule has 0 aliphatic heterocycles. The van der Waals surface area contributed by atoms with Crippen LogP contribution in [-0.2, 0) is 17.9 Å². The van der Waals surface area contributed by atoms with Crippen molar-refractivity contribution in [3.8, 4) is 23.0 Å². The van der Waals surface area contributed by atoms with E-state index in [2.05, 4.69) is 10.6 Å². The number of quaternary nitrogens is 1. The van der Waals surface area contributed by atoms with Crippen molar-refractivity contribution in [3.63, 3.8) is 0 Å². The van der Waals surface area contributed by atoms with Crippen LogP contribution in [0.25, 0.3) is 0 Å². The Morgan fingerprint density at radius 1 is 0.857 bits per heavy atom. The molecule has 35 heavy (non-hydrogen) atoms. The molecule has 0 radical (unpaired) electrons. The minimum absolute atomic E-state index is 0.748. The Morgan fingerprint density at radius 2 is 1.29 bits per heavy atom. The number of carboxylic acid groups (broad SMARTS) is 1. The predicted molar refractivity (Wildman–Crippen MR) is 121 cm³/mol. The van der Waals surface area contributed by atoms with Gasteiger partial charge in [0.05, 0.1) is 35.0 Å². The van der Waals surface area contributed by atoms with E-state index in [0.717, 1.165) is 73.1 Å². The maximum atomic E-state index is 10.5. The third kappa shape index (κ3) is 10.3. The van der Waals surface area contributed by atoms with Crippen LogP contribution in [0.15, 0.2) is 36.4 Å². The molecule has 0 spiro atoms. The Morgan fingerprint density at radius 3 is 1.60 bits per heavy atom. The quantitative estimate of drug-likeness (QED) is 0.443. The number of carbonyl (C=O) groups is 1. The van der Waals surface area contributed by atoms with E-state index in [9.17, 15) is 13.2 Å². The molecule has 0 saturated heterocycles. The van der Waals surface area contributed by atoms with Crippen molar-refractivity contribution in [1.29, 1.82) is 0 Å². The normalized spacial score (nSPS) is 10.9. The number of alkyl halides is 3. The summed E-state index contributed by atoms with van der Waals surface area (Å²) in [5.74, 6) is 0.369. The lowest BCUT2D eigenvalue weighted by molar-refractivity contribution is -0.368. The minimum atomic E-state index is -5.19. The standard InChI is InChI=1S/C22H32N2O4.C2HF3O2/c1-25-19-7-9-21(27-3)17(13-19)15-24(12-6-5-11-23)16-18-14-20(26-2)8-10-22(18)28-4;3-2(4,5)1(6)7/h7-10,13-14H,5-6,11-12,15-16,23H2,1-4H3;(H,6,7). The molecule has 0 heterocycles. The summed E-state index contributed by atoms with van der Waals surface area (Å²) in [6.45, 7) is 3.39. The highest BCUT2D eigenvalue weighted by atomic mass is 19.4. The van der Waals surface area contributed by atoms with Crippen LogP contribution < -0.4 is 29.8 Å². The Kier molecular flexibility index (Phi) is 12.7. The monoisotopic (exact) mass is 502 g/mol. The van der Waals surface area contributed by atoms with E-state index >= 15 is 0 Å². The molecule has 0 bridgehead atoms. The van der Waals surface area contributed by atoms with Gasteiger partial charge in [-0.1, -0.05) is 0 Å². The molecule has 3 N–H and O–H groups in total. The fourth-order valence-electron chi connectivity index (χ4n) is 3.22. The Hall–Kier alpha value is -3.18. The van der Waals surface area contributed by atoms with E-state index in [-0.39, 0.29) is 0 Å². The van der Waals surface area contributed by atoms with Crippen LogP contribution in [0.3, 0.4) is 0 Å². The Bertz CT molecular complexity index is 867. The molecule has 11 heteroatoms. The zero-order chi connectivity index (χ0) is 26.4. The van der Waals surface area contributed by atoms with E-state index < -0.39 is 12.1 Å². The largest absolute Gasteiger partial charge is 0.542 e. The van der Waals surface area contributed by atoms with Crippen LogP contribution in [0, 0.1) is 0 Å². The summed E-state index contributed by atoms with van der Waals surface area (Å²) in [4.78, 5) is 11.2. The molecule has 196 valence electrons. The molecule has 0 fully saturated rings. The number of nitrogens with zero attached hydrogens (tertiary/aromatic N) is 1. The SMILES string of the molecule is COc1ccc(OC)c(CN(CCCC[NH3+])Cc2cc(OC)ccc2OC)c1.O=C([O-])C(F)(F)F. The first-order valence-electron chi connectivity index (χ1n) is 10.8. The number of hydrogen-bond acceptors (Lipinski definition) is 7. The van der Waals surface area contributed by atoms with Gasteiger partial charge >= 0.3 is 6.18 Å². The van der Waals surface area contributed by atoms with Crippen molar-refractivity contribution in [2.24, 2.45) is 0 Å². The van der Waals surface area contributed by atoms with Gasteiger partial charge in [0.25, 0.3) is 0 Å². The summed E-state index contributed by atoms with van der Waals surface area (Å²) in [5.41, 5.74) is 6.15. The van der Waals surface area contributed by atoms with Gasteiger partial charge in [-0.15, -0.1) is 0 Å². The van der Waals surface area contributed by atoms with Crippen LogP contribution in [0.2, 0.25) is 0 Å². The highest BCUT2D eigenvalue weighted by molar-refractivity contribution is 5.70. The van der Waals surface area contributed by atoms with Gasteiger partial charge in [-0.2, -0.15) is 13.2 Å². The number of carboxylic acids is 1. The summed E-state index contributed by atoms with van der Waals surface area (Å²) in [6, 6.07) is 11.8. The number of aliphatic carboxylic acids is 1. The van der Waals surface area contributed by atoms with Crippen LogP contribution in [-0.4, -0.2) is 58.6 Å². The fraction of sp³-hybridized carbons (Fsp3) is 0.458. The van der Waals surface area contributed by atoms with Crippen LogP contribution in [0.5, 0.6) is 23.0 Å². The first kappa shape index (κ1) is 29.9. The van der Waals surface area contributed by atoms with Crippen molar-refractivity contribution in [2.75, 3.05) is 41.5 Å². The summed E-state index contributed by atoms with van der Waals surface area (Å²) < 4.78 is 53.5. The molecule has 0 aromatic heterocycles. The van der Waals surface area contributed by atoms with Crippen molar-refractivity contribution >= 4 is 5.97 Å². The van der Waals surface area contributed by atoms with Crippen LogP contribution in [0.4, 0.5) is 13.2 Å². The molecule has 0 amide bonds. The molecule has 2 aromatic rings. The van der Waals surface area contributed by atoms with E-state index in [1.54, 1.807) is 28.4 Å². The topological polar surface area (TPSA) is 108 Å². The molecule has 8 nitrogen and oxygen atoms in total. The number of unbranched alkanes of at least 4 members (excludes halogenated alkanes) is 1. The minimum Gasteiger partial charge on any atom is -0.542 e. The van der Waals surface area contributed by atoms with E-state index in [4.69, 9.17) is 28.8 Å². The van der Waals surface area contributed by atoms with Crippen LogP contribution >= 0.6 is 0 Å². The second-order valence-corrected chi connectivity index (χ2v) is 7.41. The maximum absolute atomic E-state index is 10.5. The Balaban J connectivity index is 0.000000762. The number of carbonyl (C=O) groups excluding carboxylic acids is 1. The van der Waals surface area contributed by atoms with Crippen molar-refractivity contribution < 1.29 is 47.8 Å². The highest BCUT2D eigenvalue weighted by Crippen LogP contribution is 2.29. The predicted octanol–water partition coefficient (Wildman–Crippen LogP) is 2.04. The zero-order valence-electron chi connectivity index (χ0n) is 20.4. The summed E-state index contributed by atoms with van der Waals surface area (Å²) in [5, 5.41) is 8.78. The summed E-state index contributed by atoms with van der Waals surface area (Å²) in [6.07, 6.45) is -3.01. The highest BCUT2D eigenvalue weighted by Gasteiger charge is 2.28. The van der Waals surface area contributed by atoms with Gasteiger partial charge in [-0.05, 0) is 55.8 Å². The van der Waals surface area contributed by atoms with Gasteiger partial charge in [-0.3, -0.25) is 4.90 Å². The molecule has 0 unspecified atom stereocenters. The van der Waals surface area contributed by atoms with Gasteiger partial charge in [-0.25, -0.2) is 0 Å². The average molecular weight is 503 g/mol. The van der Waals surface area contributed by atoms with Crippen LogP contribution in [0.1, 0.15) is 24.0 Å². The summed E-state index contributed by atoms with van der Waals surface area (Å²) >= 11 is 0. The first-order valence-corrected chi connectivity index (χ1v) is 10.8. The smallest absolute Gasteiger partial charge is 0.430 e. The number of hydrogen-bond donors (Lipinski definition) is 1. The van der Waals surface area contributed by atoms with E-state index in [1.807, 2.05) is 36.4 Å². The number of halogens is 3. The molecule has 0 atom stereocenters. The average Bonchev–Trinajstić information content (AvgIpc) is 2.83. The molecule has 0 aliphatic carbocycles.